The van der Waals surface area contributed by atoms with Gasteiger partial charge in [-0.15, -0.1) is 0 Å². The fourth-order valence-electron chi connectivity index (χ4n) is 2.08. The normalized spacial score (nSPS) is 11.7. The van der Waals surface area contributed by atoms with Crippen LogP contribution >= 0.6 is 0 Å². The number of sulfonamides is 1. The SMILES string of the molecule is NS(=O)(=O)c1ccc(NCc2cc3ccccc3o2)cc1. The molecule has 2 aromatic carbocycles. The summed E-state index contributed by atoms with van der Waals surface area (Å²) in [7, 11) is -3.65. The van der Waals surface area contributed by atoms with Crippen molar-refractivity contribution in [1.29, 1.82) is 0 Å². The van der Waals surface area contributed by atoms with Crippen LogP contribution in [-0.2, 0) is 16.6 Å². The number of furan rings is 1. The maximum Gasteiger partial charge on any atom is 0.238 e. The van der Waals surface area contributed by atoms with Gasteiger partial charge >= 0.3 is 0 Å². The Hall–Kier alpha value is -2.31. The molecule has 0 aliphatic heterocycles. The van der Waals surface area contributed by atoms with E-state index in [0.717, 1.165) is 22.4 Å². The number of hydrogen-bond donors (Lipinski definition) is 2. The fraction of sp³-hybridized carbons (Fsp3) is 0.0667. The maximum atomic E-state index is 11.2. The Morgan fingerprint density at radius 1 is 1.05 bits per heavy atom. The summed E-state index contributed by atoms with van der Waals surface area (Å²) in [5, 5.41) is 9.28. The maximum absolute atomic E-state index is 11.2. The number of benzene rings is 2. The molecule has 6 heteroatoms. The molecule has 0 spiro atoms. The van der Waals surface area contributed by atoms with E-state index in [9.17, 15) is 8.42 Å². The highest BCUT2D eigenvalue weighted by atomic mass is 32.2. The number of rotatable bonds is 4. The average molecular weight is 302 g/mol. The Balaban J connectivity index is 1.72. The van der Waals surface area contributed by atoms with Crippen LogP contribution in [0.25, 0.3) is 11.0 Å². The number of nitrogens with two attached hydrogens (primary N) is 1. The van der Waals surface area contributed by atoms with Gasteiger partial charge in [0.05, 0.1) is 11.4 Å². The van der Waals surface area contributed by atoms with E-state index >= 15 is 0 Å². The third kappa shape index (κ3) is 3.07. The zero-order chi connectivity index (χ0) is 14.9. The highest BCUT2D eigenvalue weighted by molar-refractivity contribution is 7.89. The van der Waals surface area contributed by atoms with Crippen molar-refractivity contribution in [2.45, 2.75) is 11.4 Å². The number of anilines is 1. The minimum atomic E-state index is -3.65. The predicted molar refractivity (Wildman–Crippen MR) is 81.4 cm³/mol. The first-order valence-corrected chi connectivity index (χ1v) is 7.91. The lowest BCUT2D eigenvalue weighted by atomic mass is 10.2. The van der Waals surface area contributed by atoms with Gasteiger partial charge in [0.2, 0.25) is 10.0 Å². The summed E-state index contributed by atoms with van der Waals surface area (Å²) in [6.45, 7) is 0.517. The molecule has 5 nitrogen and oxygen atoms in total. The second-order valence-electron chi connectivity index (χ2n) is 4.67. The van der Waals surface area contributed by atoms with Crippen LogP contribution in [0, 0.1) is 0 Å². The molecule has 1 heterocycles. The van der Waals surface area contributed by atoms with E-state index in [0.29, 0.717) is 6.54 Å². The van der Waals surface area contributed by atoms with Gasteiger partial charge in [0.15, 0.2) is 0 Å². The largest absolute Gasteiger partial charge is 0.459 e. The van der Waals surface area contributed by atoms with Gasteiger partial charge in [0, 0.05) is 11.1 Å². The molecule has 0 saturated heterocycles. The van der Waals surface area contributed by atoms with Crippen LogP contribution in [0.4, 0.5) is 5.69 Å². The minimum absolute atomic E-state index is 0.0942. The summed E-state index contributed by atoms with van der Waals surface area (Å²) in [6.07, 6.45) is 0. The smallest absolute Gasteiger partial charge is 0.238 e. The van der Waals surface area contributed by atoms with E-state index in [-0.39, 0.29) is 4.90 Å². The Labute approximate surface area is 122 Å². The number of primary sulfonamides is 1. The van der Waals surface area contributed by atoms with Gasteiger partial charge in [-0.05, 0) is 36.4 Å². The van der Waals surface area contributed by atoms with Gasteiger partial charge in [-0.25, -0.2) is 13.6 Å². The van der Waals surface area contributed by atoms with Crippen LogP contribution in [0.5, 0.6) is 0 Å². The van der Waals surface area contributed by atoms with Gasteiger partial charge in [-0.2, -0.15) is 0 Å². The molecule has 0 amide bonds. The minimum Gasteiger partial charge on any atom is -0.459 e. The lowest BCUT2D eigenvalue weighted by Crippen LogP contribution is -2.11. The summed E-state index contributed by atoms with van der Waals surface area (Å²) >= 11 is 0. The third-order valence-corrected chi connectivity index (χ3v) is 4.06. The molecule has 108 valence electrons. The van der Waals surface area contributed by atoms with E-state index in [1.54, 1.807) is 12.1 Å². The lowest BCUT2D eigenvalue weighted by molar-refractivity contribution is 0.559. The molecule has 21 heavy (non-hydrogen) atoms. The van der Waals surface area contributed by atoms with Crippen molar-refractivity contribution in [3.05, 3.63) is 60.4 Å². The summed E-state index contributed by atoms with van der Waals surface area (Å²) in [4.78, 5) is 0.0942. The standard InChI is InChI=1S/C15H14N2O3S/c16-21(18,19)14-7-5-12(6-8-14)17-10-13-9-11-3-1-2-4-15(11)20-13/h1-9,17H,10H2,(H2,16,18,19). The molecule has 3 aromatic rings. The summed E-state index contributed by atoms with van der Waals surface area (Å²) in [6, 6.07) is 16.0. The molecule has 3 rings (SSSR count). The lowest BCUT2D eigenvalue weighted by Gasteiger charge is -2.05. The quantitative estimate of drug-likeness (QED) is 0.776. The molecule has 0 atom stereocenters. The Morgan fingerprint density at radius 2 is 1.76 bits per heavy atom. The molecule has 0 bridgehead atoms. The van der Waals surface area contributed by atoms with E-state index < -0.39 is 10.0 Å². The molecule has 0 radical (unpaired) electrons. The van der Waals surface area contributed by atoms with Crippen LogP contribution < -0.4 is 10.5 Å². The fourth-order valence-corrected chi connectivity index (χ4v) is 2.59. The molecule has 0 unspecified atom stereocenters. The summed E-state index contributed by atoms with van der Waals surface area (Å²) in [5.41, 5.74) is 1.64. The van der Waals surface area contributed by atoms with Gasteiger partial charge in [0.1, 0.15) is 11.3 Å². The molecule has 1 aromatic heterocycles. The number of hydrogen-bond acceptors (Lipinski definition) is 4. The van der Waals surface area contributed by atoms with E-state index in [1.165, 1.54) is 12.1 Å². The van der Waals surface area contributed by atoms with Gasteiger partial charge in [-0.3, -0.25) is 0 Å². The van der Waals surface area contributed by atoms with Crippen molar-refractivity contribution in [1.82, 2.24) is 0 Å². The first-order valence-electron chi connectivity index (χ1n) is 6.36. The van der Waals surface area contributed by atoms with E-state index in [1.807, 2.05) is 30.3 Å². The van der Waals surface area contributed by atoms with Crippen molar-refractivity contribution in [2.24, 2.45) is 5.14 Å². The number of para-hydroxylation sites is 1. The first-order chi connectivity index (χ1) is 10.0. The van der Waals surface area contributed by atoms with Crippen molar-refractivity contribution in [2.75, 3.05) is 5.32 Å². The van der Waals surface area contributed by atoms with E-state index in [4.69, 9.17) is 9.56 Å². The summed E-state index contributed by atoms with van der Waals surface area (Å²) in [5.74, 6) is 0.812. The van der Waals surface area contributed by atoms with Gasteiger partial charge < -0.3 is 9.73 Å². The Bertz CT molecular complexity index is 834. The van der Waals surface area contributed by atoms with Crippen molar-refractivity contribution in [3.63, 3.8) is 0 Å². The Kier molecular flexibility index (Phi) is 3.40. The molecule has 0 fully saturated rings. The highest BCUT2D eigenvalue weighted by Crippen LogP contribution is 2.20. The Morgan fingerprint density at radius 3 is 2.43 bits per heavy atom. The molecule has 0 saturated carbocycles. The van der Waals surface area contributed by atoms with Gasteiger partial charge in [-0.1, -0.05) is 18.2 Å². The van der Waals surface area contributed by atoms with Crippen molar-refractivity contribution >= 4 is 26.7 Å². The molecular weight excluding hydrogens is 288 g/mol. The zero-order valence-electron chi connectivity index (χ0n) is 11.1. The first kappa shape index (κ1) is 13.7. The zero-order valence-corrected chi connectivity index (χ0v) is 11.9. The topological polar surface area (TPSA) is 85.3 Å². The average Bonchev–Trinajstić information content (AvgIpc) is 2.87. The monoisotopic (exact) mass is 302 g/mol. The van der Waals surface area contributed by atoms with Crippen LogP contribution in [0.1, 0.15) is 5.76 Å². The highest BCUT2D eigenvalue weighted by Gasteiger charge is 2.07. The number of nitrogens with one attached hydrogen (secondary N) is 1. The second-order valence-corrected chi connectivity index (χ2v) is 6.23. The van der Waals surface area contributed by atoms with Crippen LogP contribution in [0.3, 0.4) is 0 Å². The molecular formula is C15H14N2O3S. The number of fused-ring (bicyclic) bond motifs is 1. The van der Waals surface area contributed by atoms with Crippen LogP contribution in [-0.4, -0.2) is 8.42 Å². The van der Waals surface area contributed by atoms with E-state index in [2.05, 4.69) is 5.32 Å². The van der Waals surface area contributed by atoms with Crippen molar-refractivity contribution < 1.29 is 12.8 Å². The third-order valence-electron chi connectivity index (χ3n) is 3.13. The van der Waals surface area contributed by atoms with Crippen LogP contribution in [0.15, 0.2) is 63.9 Å². The molecule has 3 N–H and O–H groups in total. The summed E-state index contributed by atoms with van der Waals surface area (Å²) < 4.78 is 28.0. The van der Waals surface area contributed by atoms with Gasteiger partial charge in [0.25, 0.3) is 0 Å². The van der Waals surface area contributed by atoms with Crippen LogP contribution in [0.2, 0.25) is 0 Å². The molecule has 0 aliphatic rings. The van der Waals surface area contributed by atoms with Crippen molar-refractivity contribution in [3.8, 4) is 0 Å². The predicted octanol–water partition coefficient (Wildman–Crippen LogP) is 2.69. The molecule has 0 aliphatic carbocycles. The second kappa shape index (κ2) is 5.23.